The number of anilines is 1. The molecule has 0 aromatic heterocycles. The third-order valence-electron chi connectivity index (χ3n) is 4.86. The van der Waals surface area contributed by atoms with Crippen molar-refractivity contribution in [2.75, 3.05) is 18.4 Å². The van der Waals surface area contributed by atoms with Gasteiger partial charge in [0.1, 0.15) is 5.75 Å². The highest BCUT2D eigenvalue weighted by molar-refractivity contribution is 7.81. The lowest BCUT2D eigenvalue weighted by molar-refractivity contribution is -0.127. The molecule has 1 N–H and O–H groups in total. The second kappa shape index (κ2) is 8.20. The van der Waals surface area contributed by atoms with Crippen LogP contribution in [0.4, 0.5) is 9.57 Å². The fraction of sp³-hybridized carbons (Fsp3) is 0.300. The van der Waals surface area contributed by atoms with E-state index in [2.05, 4.69) is 9.50 Å². The first kappa shape index (κ1) is 20.8. The first-order chi connectivity index (χ1) is 13.7. The van der Waals surface area contributed by atoms with Crippen molar-refractivity contribution >= 4 is 28.0 Å². The summed E-state index contributed by atoms with van der Waals surface area (Å²) in [4.78, 5) is 27.3. The molecule has 7 nitrogen and oxygen atoms in total. The number of piperidine rings is 1. The summed E-state index contributed by atoms with van der Waals surface area (Å²) in [5.74, 6) is -0.567. The van der Waals surface area contributed by atoms with E-state index in [1.165, 1.54) is 24.3 Å². The molecule has 1 aliphatic heterocycles. The standard InChI is InChI=1S/C20H21FN2O5S/c1-20(12-5-13-23(14-20)18(24)15-6-3-2-4-7-15)19(25)22-16-8-10-17(11-9-16)28-29(21,26)27/h2-4,6-11H,5,12-14H2,1H3,(H,22,25). The lowest BCUT2D eigenvalue weighted by atomic mass is 9.80. The van der Waals surface area contributed by atoms with Gasteiger partial charge < -0.3 is 14.4 Å². The Bertz CT molecular complexity index is 995. The van der Waals surface area contributed by atoms with Crippen LogP contribution in [0.1, 0.15) is 30.1 Å². The third-order valence-corrected chi connectivity index (χ3v) is 5.25. The monoisotopic (exact) mass is 420 g/mol. The number of hydrogen-bond donors (Lipinski definition) is 1. The number of hydrogen-bond acceptors (Lipinski definition) is 5. The van der Waals surface area contributed by atoms with E-state index in [-0.39, 0.29) is 24.1 Å². The predicted molar refractivity (Wildman–Crippen MR) is 105 cm³/mol. The Hall–Kier alpha value is -2.94. The van der Waals surface area contributed by atoms with Crippen LogP contribution >= 0.6 is 0 Å². The van der Waals surface area contributed by atoms with Gasteiger partial charge in [-0.15, -0.1) is 0 Å². The van der Waals surface area contributed by atoms with Crippen LogP contribution in [0.25, 0.3) is 0 Å². The van der Waals surface area contributed by atoms with Crippen molar-refractivity contribution in [2.24, 2.45) is 5.41 Å². The summed E-state index contributed by atoms with van der Waals surface area (Å²) in [6.07, 6.45) is 1.32. The fourth-order valence-corrected chi connectivity index (χ4v) is 3.69. The zero-order valence-electron chi connectivity index (χ0n) is 15.8. The molecule has 3 rings (SSSR count). The van der Waals surface area contributed by atoms with Crippen LogP contribution in [0.15, 0.2) is 54.6 Å². The molecule has 0 aliphatic carbocycles. The Morgan fingerprint density at radius 1 is 1.10 bits per heavy atom. The second-order valence-corrected chi connectivity index (χ2v) is 8.16. The van der Waals surface area contributed by atoms with Gasteiger partial charge >= 0.3 is 10.5 Å². The van der Waals surface area contributed by atoms with E-state index in [1.807, 2.05) is 6.07 Å². The van der Waals surface area contributed by atoms with Gasteiger partial charge in [-0.25, -0.2) is 0 Å². The van der Waals surface area contributed by atoms with Crippen LogP contribution in [0.3, 0.4) is 0 Å². The maximum atomic E-state index is 12.9. The van der Waals surface area contributed by atoms with Gasteiger partial charge in [0.15, 0.2) is 0 Å². The van der Waals surface area contributed by atoms with E-state index in [0.29, 0.717) is 30.6 Å². The summed E-state index contributed by atoms with van der Waals surface area (Å²) >= 11 is 0. The van der Waals surface area contributed by atoms with E-state index in [4.69, 9.17) is 0 Å². The van der Waals surface area contributed by atoms with E-state index in [0.717, 1.165) is 0 Å². The number of carbonyl (C=O) groups is 2. The van der Waals surface area contributed by atoms with Crippen LogP contribution in [-0.4, -0.2) is 38.2 Å². The van der Waals surface area contributed by atoms with Gasteiger partial charge in [-0.1, -0.05) is 22.1 Å². The maximum absolute atomic E-state index is 12.9. The predicted octanol–water partition coefficient (Wildman–Crippen LogP) is 3.16. The largest absolute Gasteiger partial charge is 0.488 e. The van der Waals surface area contributed by atoms with Crippen molar-refractivity contribution in [2.45, 2.75) is 19.8 Å². The smallest absolute Gasteiger partial charge is 0.358 e. The average Bonchev–Trinajstić information content (AvgIpc) is 2.68. The molecular weight excluding hydrogens is 399 g/mol. The van der Waals surface area contributed by atoms with Crippen LogP contribution in [0.5, 0.6) is 5.75 Å². The van der Waals surface area contributed by atoms with Crippen molar-refractivity contribution < 1.29 is 26.1 Å². The van der Waals surface area contributed by atoms with Crippen LogP contribution in [0.2, 0.25) is 0 Å². The van der Waals surface area contributed by atoms with Gasteiger partial charge in [-0.3, -0.25) is 9.59 Å². The molecule has 0 spiro atoms. The van der Waals surface area contributed by atoms with Gasteiger partial charge in [-0.05, 0) is 56.2 Å². The van der Waals surface area contributed by atoms with E-state index < -0.39 is 15.9 Å². The Morgan fingerprint density at radius 2 is 1.76 bits per heavy atom. The van der Waals surface area contributed by atoms with Gasteiger partial charge in [0, 0.05) is 24.3 Å². The molecule has 1 heterocycles. The molecule has 1 atom stereocenters. The molecule has 1 aliphatic rings. The van der Waals surface area contributed by atoms with E-state index in [1.54, 1.807) is 36.1 Å². The minimum atomic E-state index is -5.10. The zero-order valence-corrected chi connectivity index (χ0v) is 16.6. The van der Waals surface area contributed by atoms with Crippen molar-refractivity contribution in [3.8, 4) is 5.75 Å². The first-order valence-corrected chi connectivity index (χ1v) is 10.4. The lowest BCUT2D eigenvalue weighted by Gasteiger charge is -2.39. The van der Waals surface area contributed by atoms with E-state index >= 15 is 0 Å². The first-order valence-electron chi connectivity index (χ1n) is 9.06. The van der Waals surface area contributed by atoms with Gasteiger partial charge in [-0.2, -0.15) is 8.42 Å². The number of amides is 2. The third kappa shape index (κ3) is 5.32. The molecule has 0 saturated carbocycles. The minimum absolute atomic E-state index is 0.113. The maximum Gasteiger partial charge on any atom is 0.488 e. The quantitative estimate of drug-likeness (QED) is 0.750. The second-order valence-electron chi connectivity index (χ2n) is 7.21. The molecule has 2 aromatic carbocycles. The van der Waals surface area contributed by atoms with Crippen molar-refractivity contribution in [3.63, 3.8) is 0 Å². The highest BCUT2D eigenvalue weighted by atomic mass is 32.3. The Kier molecular flexibility index (Phi) is 5.88. The molecule has 0 bridgehead atoms. The fourth-order valence-electron chi connectivity index (χ4n) is 3.35. The number of nitrogens with zero attached hydrogens (tertiary/aromatic N) is 1. The van der Waals surface area contributed by atoms with Crippen molar-refractivity contribution in [1.29, 1.82) is 0 Å². The summed E-state index contributed by atoms with van der Waals surface area (Å²) in [5.41, 5.74) is 0.210. The Balaban J connectivity index is 1.67. The summed E-state index contributed by atoms with van der Waals surface area (Å²) in [6.45, 7) is 2.67. The summed E-state index contributed by atoms with van der Waals surface area (Å²) in [6, 6.07) is 14.2. The molecule has 9 heteroatoms. The molecule has 2 amide bonds. The normalized spacial score (nSPS) is 19.4. The van der Waals surface area contributed by atoms with Crippen molar-refractivity contribution in [3.05, 3.63) is 60.2 Å². The molecule has 154 valence electrons. The lowest BCUT2D eigenvalue weighted by Crippen LogP contribution is -2.50. The summed E-state index contributed by atoms with van der Waals surface area (Å²) < 4.78 is 37.7. The zero-order chi connectivity index (χ0) is 21.1. The van der Waals surface area contributed by atoms with Gasteiger partial charge in [0.25, 0.3) is 5.91 Å². The SMILES string of the molecule is CC1(C(=O)Nc2ccc(OS(=O)(=O)F)cc2)CCCN(C(=O)c2ccccc2)C1. The number of carbonyl (C=O) groups excluding carboxylic acids is 2. The number of halogens is 1. The topological polar surface area (TPSA) is 92.8 Å². The molecule has 0 radical (unpaired) electrons. The van der Waals surface area contributed by atoms with Crippen LogP contribution in [0, 0.1) is 5.41 Å². The molecule has 1 saturated heterocycles. The molecule has 1 unspecified atom stereocenters. The van der Waals surface area contributed by atoms with Gasteiger partial charge in [0.05, 0.1) is 5.41 Å². The Labute approximate surface area is 168 Å². The molecular formula is C20H21FN2O5S. The average molecular weight is 420 g/mol. The van der Waals surface area contributed by atoms with E-state index in [9.17, 15) is 21.9 Å². The molecule has 2 aromatic rings. The molecule has 1 fully saturated rings. The van der Waals surface area contributed by atoms with Crippen LogP contribution in [-0.2, 0) is 15.3 Å². The Morgan fingerprint density at radius 3 is 2.38 bits per heavy atom. The van der Waals surface area contributed by atoms with Crippen LogP contribution < -0.4 is 9.50 Å². The highest BCUT2D eigenvalue weighted by Crippen LogP contribution is 2.32. The number of nitrogens with one attached hydrogen (secondary N) is 1. The van der Waals surface area contributed by atoms with Crippen molar-refractivity contribution in [1.82, 2.24) is 4.90 Å². The number of benzene rings is 2. The highest BCUT2D eigenvalue weighted by Gasteiger charge is 2.39. The molecule has 29 heavy (non-hydrogen) atoms. The number of rotatable bonds is 5. The summed E-state index contributed by atoms with van der Waals surface area (Å²) in [7, 11) is -5.10. The van der Waals surface area contributed by atoms with Gasteiger partial charge in [0.2, 0.25) is 5.91 Å². The number of likely N-dealkylation sites (tertiary alicyclic amines) is 1. The minimum Gasteiger partial charge on any atom is -0.358 e. The summed E-state index contributed by atoms with van der Waals surface area (Å²) in [5, 5.41) is 2.77.